The van der Waals surface area contributed by atoms with Crippen LogP contribution in [0.1, 0.15) is 26.2 Å². The first-order valence-electron chi connectivity index (χ1n) is 7.44. The SMILES string of the molecule is CCOC(=O)C1O[C@H]2CCC(C(=O)OC)(C(=O)OC)C[C@H]2C1=O. The van der Waals surface area contributed by atoms with E-state index in [0.717, 1.165) is 0 Å². The van der Waals surface area contributed by atoms with Gasteiger partial charge in [0.05, 0.1) is 26.9 Å². The van der Waals surface area contributed by atoms with Crippen LogP contribution >= 0.6 is 0 Å². The topological polar surface area (TPSA) is 105 Å². The highest BCUT2D eigenvalue weighted by atomic mass is 16.6. The van der Waals surface area contributed by atoms with E-state index in [1.165, 1.54) is 14.2 Å². The maximum absolute atomic E-state index is 12.4. The highest BCUT2D eigenvalue weighted by molar-refractivity contribution is 6.06. The van der Waals surface area contributed by atoms with Gasteiger partial charge in [0, 0.05) is 5.92 Å². The Morgan fingerprint density at radius 2 is 1.83 bits per heavy atom. The van der Waals surface area contributed by atoms with E-state index < -0.39 is 47.2 Å². The Hall–Kier alpha value is -1.96. The fourth-order valence-corrected chi connectivity index (χ4v) is 3.32. The van der Waals surface area contributed by atoms with E-state index in [4.69, 9.17) is 18.9 Å². The molecule has 0 aromatic carbocycles. The summed E-state index contributed by atoms with van der Waals surface area (Å²) in [6.07, 6.45) is -1.49. The summed E-state index contributed by atoms with van der Waals surface area (Å²) in [5.74, 6) is -3.43. The number of ketones is 1. The van der Waals surface area contributed by atoms with Crippen molar-refractivity contribution in [2.75, 3.05) is 20.8 Å². The van der Waals surface area contributed by atoms with Gasteiger partial charge in [0.1, 0.15) is 0 Å². The number of ether oxygens (including phenoxy) is 4. The minimum absolute atomic E-state index is 0.0915. The number of methoxy groups -OCH3 is 2. The fraction of sp³-hybridized carbons (Fsp3) is 0.733. The van der Waals surface area contributed by atoms with Gasteiger partial charge in [0.2, 0.25) is 6.10 Å². The van der Waals surface area contributed by atoms with E-state index in [2.05, 4.69) is 0 Å². The molecule has 1 aliphatic heterocycles. The van der Waals surface area contributed by atoms with Crippen molar-refractivity contribution in [3.05, 3.63) is 0 Å². The van der Waals surface area contributed by atoms with Crippen molar-refractivity contribution < 1.29 is 38.1 Å². The second-order valence-electron chi connectivity index (χ2n) is 5.62. The van der Waals surface area contributed by atoms with Crippen molar-refractivity contribution in [3.8, 4) is 0 Å². The summed E-state index contributed by atoms with van der Waals surface area (Å²) in [6, 6.07) is 0. The van der Waals surface area contributed by atoms with Gasteiger partial charge in [0.15, 0.2) is 11.2 Å². The summed E-state index contributed by atoms with van der Waals surface area (Å²) in [6.45, 7) is 1.76. The van der Waals surface area contributed by atoms with Crippen LogP contribution in [0.25, 0.3) is 0 Å². The predicted molar refractivity (Wildman–Crippen MR) is 74.1 cm³/mol. The third-order valence-corrected chi connectivity index (χ3v) is 4.46. The maximum atomic E-state index is 12.4. The van der Waals surface area contributed by atoms with Gasteiger partial charge < -0.3 is 18.9 Å². The zero-order valence-electron chi connectivity index (χ0n) is 13.3. The molecule has 8 heteroatoms. The van der Waals surface area contributed by atoms with Crippen LogP contribution in [0.3, 0.4) is 0 Å². The summed E-state index contributed by atoms with van der Waals surface area (Å²) >= 11 is 0. The molecule has 2 rings (SSSR count). The summed E-state index contributed by atoms with van der Waals surface area (Å²) in [7, 11) is 2.35. The lowest BCUT2D eigenvalue weighted by atomic mass is 9.67. The molecule has 8 nitrogen and oxygen atoms in total. The first kappa shape index (κ1) is 17.4. The normalized spacial score (nSPS) is 28.7. The van der Waals surface area contributed by atoms with E-state index in [1.54, 1.807) is 6.92 Å². The third-order valence-electron chi connectivity index (χ3n) is 4.46. The van der Waals surface area contributed by atoms with Crippen LogP contribution in [0.5, 0.6) is 0 Å². The van der Waals surface area contributed by atoms with Gasteiger partial charge in [-0.3, -0.25) is 14.4 Å². The van der Waals surface area contributed by atoms with Crippen molar-refractivity contribution in [2.45, 2.75) is 38.4 Å². The largest absolute Gasteiger partial charge is 0.468 e. The van der Waals surface area contributed by atoms with E-state index in [9.17, 15) is 19.2 Å². The zero-order chi connectivity index (χ0) is 17.2. The Morgan fingerprint density at radius 3 is 2.35 bits per heavy atom. The lowest BCUT2D eigenvalue weighted by molar-refractivity contribution is -0.175. The highest BCUT2D eigenvalue weighted by Crippen LogP contribution is 2.46. The molecule has 1 unspecified atom stereocenters. The molecular weight excluding hydrogens is 308 g/mol. The second-order valence-corrected chi connectivity index (χ2v) is 5.62. The summed E-state index contributed by atoms with van der Waals surface area (Å²) in [5, 5.41) is 0. The molecule has 0 bridgehead atoms. The number of Topliss-reactive ketones (excluding diaryl/α,β-unsaturated/α-hetero) is 1. The molecule has 1 aliphatic carbocycles. The molecule has 3 atom stereocenters. The Kier molecular flexibility index (Phi) is 5.03. The maximum Gasteiger partial charge on any atom is 0.343 e. The first-order valence-corrected chi connectivity index (χ1v) is 7.44. The first-order chi connectivity index (χ1) is 10.9. The molecule has 0 aromatic heterocycles. The molecule has 0 aromatic rings. The van der Waals surface area contributed by atoms with Crippen LogP contribution in [0, 0.1) is 11.3 Å². The monoisotopic (exact) mass is 328 g/mol. The number of fused-ring (bicyclic) bond motifs is 1. The van der Waals surface area contributed by atoms with Crippen molar-refractivity contribution in [1.82, 2.24) is 0 Å². The average molecular weight is 328 g/mol. The lowest BCUT2D eigenvalue weighted by Gasteiger charge is -2.36. The van der Waals surface area contributed by atoms with Crippen LogP contribution in [0.15, 0.2) is 0 Å². The van der Waals surface area contributed by atoms with Gasteiger partial charge in [-0.15, -0.1) is 0 Å². The van der Waals surface area contributed by atoms with E-state index in [0.29, 0.717) is 0 Å². The van der Waals surface area contributed by atoms with Crippen molar-refractivity contribution in [2.24, 2.45) is 11.3 Å². The third kappa shape index (κ3) is 2.83. The summed E-state index contributed by atoms with van der Waals surface area (Å²) in [4.78, 5) is 48.5. The van der Waals surface area contributed by atoms with Gasteiger partial charge >= 0.3 is 17.9 Å². The van der Waals surface area contributed by atoms with Crippen LogP contribution < -0.4 is 0 Å². The van der Waals surface area contributed by atoms with Crippen LogP contribution in [-0.2, 0) is 38.1 Å². The predicted octanol–water partition coefficient (Wildman–Crippen LogP) is 0.0185. The molecule has 1 heterocycles. The molecular formula is C15H20O8. The number of esters is 3. The zero-order valence-corrected chi connectivity index (χ0v) is 13.3. The highest BCUT2D eigenvalue weighted by Gasteiger charge is 2.59. The number of carbonyl (C=O) groups is 4. The Bertz CT molecular complexity index is 510. The average Bonchev–Trinajstić information content (AvgIpc) is 2.89. The Morgan fingerprint density at radius 1 is 1.22 bits per heavy atom. The minimum atomic E-state index is -1.53. The van der Waals surface area contributed by atoms with Gasteiger partial charge in [0.25, 0.3) is 0 Å². The van der Waals surface area contributed by atoms with Crippen molar-refractivity contribution >= 4 is 23.7 Å². The van der Waals surface area contributed by atoms with Gasteiger partial charge in [-0.05, 0) is 26.2 Å². The molecule has 1 saturated heterocycles. The van der Waals surface area contributed by atoms with Crippen LogP contribution in [0.2, 0.25) is 0 Å². The number of hydrogen-bond acceptors (Lipinski definition) is 8. The number of rotatable bonds is 4. The van der Waals surface area contributed by atoms with Crippen LogP contribution in [-0.4, -0.2) is 56.7 Å². The molecule has 0 radical (unpaired) electrons. The van der Waals surface area contributed by atoms with E-state index in [1.807, 2.05) is 0 Å². The fourth-order valence-electron chi connectivity index (χ4n) is 3.32. The smallest absolute Gasteiger partial charge is 0.343 e. The standard InChI is InChI=1S/C15H20O8/c1-4-22-12(17)11-10(16)8-7-15(13(18)20-2,14(19)21-3)6-5-9(8)23-11/h8-9,11H,4-7H2,1-3H3/t8-,9+,11?/m1/s1. The molecule has 1 saturated carbocycles. The minimum Gasteiger partial charge on any atom is -0.468 e. The second kappa shape index (κ2) is 6.66. The number of hydrogen-bond donors (Lipinski definition) is 0. The molecule has 0 N–H and O–H groups in total. The Balaban J connectivity index is 2.24. The Labute approximate surface area is 133 Å². The molecule has 2 fully saturated rings. The van der Waals surface area contributed by atoms with E-state index in [-0.39, 0.29) is 25.9 Å². The van der Waals surface area contributed by atoms with Crippen molar-refractivity contribution in [1.29, 1.82) is 0 Å². The number of carbonyl (C=O) groups excluding carboxylic acids is 4. The van der Waals surface area contributed by atoms with Gasteiger partial charge in [-0.1, -0.05) is 0 Å². The quantitative estimate of drug-likeness (QED) is 0.404. The van der Waals surface area contributed by atoms with Crippen LogP contribution in [0.4, 0.5) is 0 Å². The summed E-state index contributed by atoms with van der Waals surface area (Å²) in [5.41, 5.74) is -1.53. The molecule has 0 amide bonds. The summed E-state index contributed by atoms with van der Waals surface area (Å²) < 4.78 is 19.8. The molecule has 23 heavy (non-hydrogen) atoms. The lowest BCUT2D eigenvalue weighted by Crippen LogP contribution is -2.48. The van der Waals surface area contributed by atoms with Gasteiger partial charge in [-0.2, -0.15) is 0 Å². The van der Waals surface area contributed by atoms with Crippen molar-refractivity contribution in [3.63, 3.8) is 0 Å². The molecule has 128 valence electrons. The van der Waals surface area contributed by atoms with E-state index >= 15 is 0 Å². The van der Waals surface area contributed by atoms with Gasteiger partial charge in [-0.25, -0.2) is 4.79 Å². The molecule has 0 spiro atoms. The molecule has 2 aliphatic rings.